The number of hydrogen-bond acceptors (Lipinski definition) is 6. The van der Waals surface area contributed by atoms with E-state index in [4.69, 9.17) is 20.2 Å². The van der Waals surface area contributed by atoms with Gasteiger partial charge in [0.15, 0.2) is 10.9 Å². The van der Waals surface area contributed by atoms with Crippen molar-refractivity contribution in [3.63, 3.8) is 0 Å². The summed E-state index contributed by atoms with van der Waals surface area (Å²) in [6.45, 7) is 4.24. The topological polar surface area (TPSA) is 87.5 Å². The Kier molecular flexibility index (Phi) is 5.54. The number of amides is 1. The summed E-state index contributed by atoms with van der Waals surface area (Å²) in [4.78, 5) is 21.2. The Labute approximate surface area is 196 Å². The van der Waals surface area contributed by atoms with Crippen molar-refractivity contribution in [3.8, 4) is 22.3 Å². The molecule has 1 aliphatic heterocycles. The number of hydrogen-bond donors (Lipinski definition) is 1. The summed E-state index contributed by atoms with van der Waals surface area (Å²) in [6.07, 6.45) is 1.88. The molecule has 0 spiro atoms. The van der Waals surface area contributed by atoms with Gasteiger partial charge >= 0.3 is 0 Å². The fraction of sp³-hybridized carbons (Fsp3) is 0.417. The molecular weight excluding hydrogens is 438 g/mol. The first-order valence-electron chi connectivity index (χ1n) is 11.2. The van der Waals surface area contributed by atoms with Crippen LogP contribution < -0.4 is 15.2 Å². The van der Waals surface area contributed by atoms with Gasteiger partial charge in [-0.25, -0.2) is 4.98 Å². The Morgan fingerprint density at radius 3 is 2.76 bits per heavy atom. The van der Waals surface area contributed by atoms with Crippen LogP contribution >= 0.6 is 11.3 Å². The van der Waals surface area contributed by atoms with Gasteiger partial charge in [0.2, 0.25) is 0 Å². The highest BCUT2D eigenvalue weighted by Gasteiger charge is 2.25. The quantitative estimate of drug-likeness (QED) is 0.482. The number of methoxy groups -OCH3 is 2. The normalized spacial score (nSPS) is 16.6. The van der Waals surface area contributed by atoms with Crippen molar-refractivity contribution in [1.29, 1.82) is 0 Å². The second kappa shape index (κ2) is 8.39. The minimum Gasteiger partial charge on any atom is -0.494 e. The summed E-state index contributed by atoms with van der Waals surface area (Å²) in [5, 5.41) is 2.02. The van der Waals surface area contributed by atoms with Crippen LogP contribution in [0.2, 0.25) is 0 Å². The maximum Gasteiger partial charge on any atom is 0.254 e. The third kappa shape index (κ3) is 3.55. The molecule has 0 radical (unpaired) electrons. The van der Waals surface area contributed by atoms with Crippen LogP contribution in [0, 0.1) is 0 Å². The highest BCUT2D eigenvalue weighted by atomic mass is 32.1. The molecule has 0 bridgehead atoms. The lowest BCUT2D eigenvalue weighted by Gasteiger charge is -2.30. The largest absolute Gasteiger partial charge is 0.494 e. The second-order valence-electron chi connectivity index (χ2n) is 8.50. The summed E-state index contributed by atoms with van der Waals surface area (Å²) in [5.41, 5.74) is 9.31. The third-order valence-corrected chi connectivity index (χ3v) is 7.57. The maximum absolute atomic E-state index is 13.2. The number of rotatable bonds is 5. The van der Waals surface area contributed by atoms with Gasteiger partial charge in [-0.15, -0.1) is 0 Å². The van der Waals surface area contributed by atoms with Crippen LogP contribution in [-0.4, -0.2) is 58.3 Å². The number of ether oxygens (including phenoxy) is 2. The smallest absolute Gasteiger partial charge is 0.254 e. The van der Waals surface area contributed by atoms with Crippen molar-refractivity contribution in [2.45, 2.75) is 32.4 Å². The average molecular weight is 468 g/mol. The summed E-state index contributed by atoms with van der Waals surface area (Å²) < 4.78 is 15.4. The fourth-order valence-electron chi connectivity index (χ4n) is 4.82. The minimum atomic E-state index is -0.0258. The molecule has 8 nitrogen and oxygen atoms in total. The number of nitrogens with zero attached hydrogens (tertiary/aromatic N) is 4. The molecule has 9 heteroatoms. The molecule has 0 saturated carbocycles. The number of thiophene rings is 1. The number of carbonyl (C=O) groups is 1. The molecule has 3 aromatic heterocycles. The van der Waals surface area contributed by atoms with Crippen LogP contribution in [0.3, 0.4) is 0 Å². The molecule has 1 aromatic carbocycles. The van der Waals surface area contributed by atoms with Crippen molar-refractivity contribution in [3.05, 3.63) is 29.8 Å². The Hall–Kier alpha value is -3.04. The number of benzene rings is 1. The van der Waals surface area contributed by atoms with Gasteiger partial charge < -0.3 is 29.2 Å². The summed E-state index contributed by atoms with van der Waals surface area (Å²) in [6, 6.07) is 7.92. The molecule has 4 heterocycles. The van der Waals surface area contributed by atoms with Gasteiger partial charge in [0, 0.05) is 49.7 Å². The zero-order valence-corrected chi connectivity index (χ0v) is 20.2. The lowest BCUT2D eigenvalue weighted by atomic mass is 10.0. The molecule has 1 fully saturated rings. The van der Waals surface area contributed by atoms with Gasteiger partial charge in [-0.1, -0.05) is 11.3 Å². The van der Waals surface area contributed by atoms with E-state index in [0.717, 1.165) is 63.8 Å². The fourth-order valence-corrected chi connectivity index (χ4v) is 5.85. The Bertz CT molecular complexity index is 1350. The van der Waals surface area contributed by atoms with Crippen molar-refractivity contribution in [1.82, 2.24) is 19.0 Å². The predicted molar refractivity (Wildman–Crippen MR) is 131 cm³/mol. The number of aromatic nitrogens is 3. The number of nitrogens with two attached hydrogens (primary N) is 1. The lowest BCUT2D eigenvalue weighted by Crippen LogP contribution is -2.45. The third-order valence-electron chi connectivity index (χ3n) is 6.44. The zero-order valence-electron chi connectivity index (χ0n) is 19.4. The van der Waals surface area contributed by atoms with Gasteiger partial charge in [-0.3, -0.25) is 4.79 Å². The monoisotopic (exact) mass is 467 g/mol. The average Bonchev–Trinajstić information content (AvgIpc) is 3.48. The summed E-state index contributed by atoms with van der Waals surface area (Å²) in [7, 11) is 5.31. The number of piperidine rings is 1. The van der Waals surface area contributed by atoms with E-state index in [0.29, 0.717) is 17.9 Å². The number of likely N-dealkylation sites (tertiary alicyclic amines) is 1. The Morgan fingerprint density at radius 1 is 1.24 bits per heavy atom. The highest BCUT2D eigenvalue weighted by molar-refractivity contribution is 7.20. The highest BCUT2D eigenvalue weighted by Crippen LogP contribution is 2.39. The van der Waals surface area contributed by atoms with Gasteiger partial charge in [0.05, 0.1) is 25.4 Å². The molecule has 0 unspecified atom stereocenters. The van der Waals surface area contributed by atoms with Gasteiger partial charge in [0.25, 0.3) is 5.91 Å². The number of fused-ring (bicyclic) bond motifs is 2. The zero-order chi connectivity index (χ0) is 23.3. The van der Waals surface area contributed by atoms with Crippen LogP contribution in [0.1, 0.15) is 30.1 Å². The molecule has 5 rings (SSSR count). The van der Waals surface area contributed by atoms with E-state index < -0.39 is 0 Å². The van der Waals surface area contributed by atoms with Crippen molar-refractivity contribution >= 4 is 38.5 Å². The van der Waals surface area contributed by atoms with E-state index in [9.17, 15) is 4.79 Å². The van der Waals surface area contributed by atoms with E-state index in [1.165, 1.54) is 0 Å². The van der Waals surface area contributed by atoms with E-state index in [-0.39, 0.29) is 11.9 Å². The first-order chi connectivity index (χ1) is 15.9. The molecule has 1 atom stereocenters. The van der Waals surface area contributed by atoms with E-state index in [1.807, 2.05) is 28.6 Å². The molecule has 1 saturated heterocycles. The first kappa shape index (κ1) is 21.8. The van der Waals surface area contributed by atoms with Crippen LogP contribution in [0.15, 0.2) is 24.3 Å². The van der Waals surface area contributed by atoms with E-state index in [1.54, 1.807) is 25.6 Å². The Balaban J connectivity index is 1.62. The maximum atomic E-state index is 13.2. The van der Waals surface area contributed by atoms with Crippen LogP contribution in [0.25, 0.3) is 32.8 Å². The van der Waals surface area contributed by atoms with Crippen LogP contribution in [0.4, 0.5) is 0 Å². The van der Waals surface area contributed by atoms with Gasteiger partial charge in [0.1, 0.15) is 16.1 Å². The van der Waals surface area contributed by atoms with Crippen molar-refractivity contribution in [2.75, 3.05) is 27.3 Å². The van der Waals surface area contributed by atoms with Crippen LogP contribution in [-0.2, 0) is 13.6 Å². The van der Waals surface area contributed by atoms with Crippen molar-refractivity contribution in [2.24, 2.45) is 12.8 Å². The van der Waals surface area contributed by atoms with Crippen LogP contribution in [0.5, 0.6) is 10.8 Å². The second-order valence-corrected chi connectivity index (χ2v) is 9.49. The first-order valence-corrected chi connectivity index (χ1v) is 12.0. The predicted octanol–water partition coefficient (Wildman–Crippen LogP) is 3.86. The van der Waals surface area contributed by atoms with Crippen molar-refractivity contribution < 1.29 is 14.3 Å². The number of imidazole rings is 1. The molecule has 33 heavy (non-hydrogen) atoms. The SMILES string of the molecule is CCn1c(-c2nc3cc(C(=O)N4CCC[C@@H](N)C4)cc(OC)c3n2C)cc2cc(OC)sc21. The molecule has 1 aliphatic rings. The molecule has 4 aromatic rings. The molecule has 0 aliphatic carbocycles. The molecular formula is C24H29N5O3S. The minimum absolute atomic E-state index is 0.0258. The Morgan fingerprint density at radius 2 is 2.06 bits per heavy atom. The molecule has 1 amide bonds. The molecule has 174 valence electrons. The summed E-state index contributed by atoms with van der Waals surface area (Å²) in [5.74, 6) is 1.44. The lowest BCUT2D eigenvalue weighted by molar-refractivity contribution is 0.0708. The van der Waals surface area contributed by atoms with Gasteiger partial charge in [-0.2, -0.15) is 0 Å². The summed E-state index contributed by atoms with van der Waals surface area (Å²) >= 11 is 1.63. The number of aryl methyl sites for hydroxylation is 2. The standard InChI is InChI=1S/C24H29N5O3S/c1-5-29-18(10-15-12-20(32-4)33-24(15)29)22-26-17-9-14(11-19(31-3)21(17)27(22)2)23(30)28-8-6-7-16(25)13-28/h9-12,16H,5-8,13,25H2,1-4H3/t16-/m1/s1. The van der Waals surface area contributed by atoms with E-state index >= 15 is 0 Å². The van der Waals surface area contributed by atoms with E-state index in [2.05, 4.69) is 23.6 Å². The van der Waals surface area contributed by atoms with Gasteiger partial charge in [-0.05, 0) is 38.0 Å². The number of carbonyl (C=O) groups excluding carboxylic acids is 1. The molecule has 2 N–H and O–H groups in total.